The highest BCUT2D eigenvalue weighted by Gasteiger charge is 2.33. The molecule has 6 atom stereocenters. The molecule has 0 radical (unpaired) electrons. The molecule has 5 amide bonds. The number of rotatable bonds is 23. The van der Waals surface area contributed by atoms with Crippen LogP contribution in [-0.2, 0) is 35.2 Å². The molecule has 15 nitrogen and oxygen atoms in total. The Bertz CT molecular complexity index is 1240. The van der Waals surface area contributed by atoms with Gasteiger partial charge in [-0.15, -0.1) is 0 Å². The SMILES string of the molecule is CC(C)C[C@H](NC(=O)[C@H](CC(C)C)NC(=O)[C@@H](N)Cc1ccccc1)C(=O)N[C@@H](CCCCN)C(=O)N[C@@H](CO)C(=O)N[C@H](C(=O)O)C(C)C. The van der Waals surface area contributed by atoms with Gasteiger partial charge < -0.3 is 48.3 Å². The molecule has 0 aliphatic heterocycles. The monoisotopic (exact) mass is 705 g/mol. The van der Waals surface area contributed by atoms with E-state index < -0.39 is 84.3 Å². The lowest BCUT2D eigenvalue weighted by molar-refractivity contribution is -0.143. The minimum atomic E-state index is -1.49. The smallest absolute Gasteiger partial charge is 0.326 e. The van der Waals surface area contributed by atoms with E-state index in [2.05, 4.69) is 26.6 Å². The molecule has 0 bridgehead atoms. The number of amides is 5. The molecule has 0 saturated carbocycles. The molecule has 15 heteroatoms. The van der Waals surface area contributed by atoms with Crippen LogP contribution in [0.25, 0.3) is 0 Å². The summed E-state index contributed by atoms with van der Waals surface area (Å²) in [5, 5.41) is 32.2. The van der Waals surface area contributed by atoms with E-state index in [1.807, 2.05) is 58.0 Å². The van der Waals surface area contributed by atoms with Crippen LogP contribution in [0, 0.1) is 17.8 Å². The Hall–Kier alpha value is -4.08. The normalized spacial score (nSPS) is 15.0. The van der Waals surface area contributed by atoms with Gasteiger partial charge in [0, 0.05) is 0 Å². The summed E-state index contributed by atoms with van der Waals surface area (Å²) in [6, 6.07) is 2.34. The van der Waals surface area contributed by atoms with Crippen molar-refractivity contribution in [2.24, 2.45) is 29.2 Å². The van der Waals surface area contributed by atoms with Crippen molar-refractivity contribution in [3.63, 3.8) is 0 Å². The Balaban J connectivity index is 3.15. The minimum Gasteiger partial charge on any atom is -0.480 e. The lowest BCUT2D eigenvalue weighted by atomic mass is 9.99. The second-order valence-corrected chi connectivity index (χ2v) is 13.8. The Labute approximate surface area is 295 Å². The summed E-state index contributed by atoms with van der Waals surface area (Å²) in [4.78, 5) is 78.1. The van der Waals surface area contributed by atoms with E-state index in [1.54, 1.807) is 13.8 Å². The summed E-state index contributed by atoms with van der Waals surface area (Å²) < 4.78 is 0. The Kier molecular flexibility index (Phi) is 19.9. The molecular formula is C35H59N7O8. The molecule has 282 valence electrons. The van der Waals surface area contributed by atoms with E-state index in [9.17, 15) is 39.0 Å². The van der Waals surface area contributed by atoms with E-state index in [0.717, 1.165) is 5.56 Å². The average Bonchev–Trinajstić information content (AvgIpc) is 3.04. The number of hydrogen-bond donors (Lipinski definition) is 9. The van der Waals surface area contributed by atoms with Crippen LogP contribution >= 0.6 is 0 Å². The quantitative estimate of drug-likeness (QED) is 0.0686. The van der Waals surface area contributed by atoms with Crippen molar-refractivity contribution in [2.45, 2.75) is 116 Å². The van der Waals surface area contributed by atoms with Crippen molar-refractivity contribution in [1.29, 1.82) is 0 Å². The number of aliphatic hydroxyl groups is 1. The lowest BCUT2D eigenvalue weighted by Gasteiger charge is -2.28. The third-order valence-electron chi connectivity index (χ3n) is 7.94. The maximum atomic E-state index is 13.7. The molecule has 0 aromatic heterocycles. The maximum Gasteiger partial charge on any atom is 0.326 e. The van der Waals surface area contributed by atoms with Crippen LogP contribution in [-0.4, -0.2) is 95.1 Å². The molecule has 0 spiro atoms. The number of aliphatic carboxylic acids is 1. The van der Waals surface area contributed by atoms with Crippen molar-refractivity contribution in [3.8, 4) is 0 Å². The number of carboxylic acid groups (broad SMARTS) is 1. The molecule has 50 heavy (non-hydrogen) atoms. The summed E-state index contributed by atoms with van der Waals surface area (Å²) >= 11 is 0. The van der Waals surface area contributed by atoms with Gasteiger partial charge in [-0.05, 0) is 68.4 Å². The van der Waals surface area contributed by atoms with Crippen molar-refractivity contribution in [2.75, 3.05) is 13.2 Å². The van der Waals surface area contributed by atoms with Crippen molar-refractivity contribution >= 4 is 35.5 Å². The first-order chi connectivity index (χ1) is 23.5. The topological polar surface area (TPSA) is 255 Å². The number of benzene rings is 1. The second-order valence-electron chi connectivity index (χ2n) is 13.8. The molecule has 0 saturated heterocycles. The fourth-order valence-corrected chi connectivity index (χ4v) is 5.19. The zero-order valence-corrected chi connectivity index (χ0v) is 30.2. The van der Waals surface area contributed by atoms with Crippen molar-refractivity contribution in [3.05, 3.63) is 35.9 Å². The van der Waals surface area contributed by atoms with Crippen LogP contribution in [0.3, 0.4) is 0 Å². The Morgan fingerprint density at radius 2 is 1.12 bits per heavy atom. The molecule has 0 aliphatic rings. The number of carboxylic acids is 1. The molecule has 11 N–H and O–H groups in total. The zero-order chi connectivity index (χ0) is 38.0. The van der Waals surface area contributed by atoms with E-state index in [0.29, 0.717) is 19.4 Å². The first kappa shape index (κ1) is 43.9. The summed E-state index contributed by atoms with van der Waals surface area (Å²) in [6.07, 6.45) is 1.86. The molecular weight excluding hydrogens is 646 g/mol. The highest BCUT2D eigenvalue weighted by Crippen LogP contribution is 2.12. The molecule has 0 aliphatic carbocycles. The number of carbonyl (C=O) groups is 6. The number of nitrogens with two attached hydrogens (primary N) is 2. The summed E-state index contributed by atoms with van der Waals surface area (Å²) in [7, 11) is 0. The fourth-order valence-electron chi connectivity index (χ4n) is 5.19. The van der Waals surface area contributed by atoms with Gasteiger partial charge in [0.2, 0.25) is 29.5 Å². The van der Waals surface area contributed by atoms with E-state index >= 15 is 0 Å². The number of nitrogens with one attached hydrogen (secondary N) is 5. The van der Waals surface area contributed by atoms with Crippen LogP contribution in [0.1, 0.15) is 79.2 Å². The molecule has 0 fully saturated rings. The van der Waals surface area contributed by atoms with Gasteiger partial charge >= 0.3 is 5.97 Å². The van der Waals surface area contributed by atoms with E-state index in [1.165, 1.54) is 0 Å². The van der Waals surface area contributed by atoms with Gasteiger partial charge in [-0.1, -0.05) is 71.9 Å². The van der Waals surface area contributed by atoms with E-state index in [-0.39, 0.29) is 37.5 Å². The molecule has 1 aromatic carbocycles. The largest absolute Gasteiger partial charge is 0.480 e. The summed E-state index contributed by atoms with van der Waals surface area (Å²) in [5.74, 6) is -5.24. The predicted molar refractivity (Wildman–Crippen MR) is 189 cm³/mol. The standard InChI is InChI=1S/C35H59N7O8/c1-20(2)16-26(39-30(44)24(37)18-23-12-8-7-9-13-23)33(47)40-27(17-21(3)4)32(46)38-25(14-10-11-15-36)31(45)41-28(19-43)34(48)42-29(22(5)6)35(49)50/h7-9,12-13,20-22,24-29,43H,10-11,14-19,36-37H2,1-6H3,(H,38,46)(H,39,44)(H,40,47)(H,41,45)(H,42,48)(H,49,50)/t24-,25-,26-,27-,28-,29-/m0/s1. The van der Waals surface area contributed by atoms with Gasteiger partial charge in [-0.2, -0.15) is 0 Å². The van der Waals surface area contributed by atoms with Crippen molar-refractivity contribution in [1.82, 2.24) is 26.6 Å². The first-order valence-corrected chi connectivity index (χ1v) is 17.4. The van der Waals surface area contributed by atoms with Gasteiger partial charge in [0.1, 0.15) is 30.2 Å². The van der Waals surface area contributed by atoms with Crippen LogP contribution in [0.4, 0.5) is 0 Å². The van der Waals surface area contributed by atoms with Crippen molar-refractivity contribution < 1.29 is 39.0 Å². The molecule has 0 unspecified atom stereocenters. The molecule has 0 heterocycles. The number of hydrogen-bond acceptors (Lipinski definition) is 9. The minimum absolute atomic E-state index is 0.00683. The predicted octanol–water partition coefficient (Wildman–Crippen LogP) is -0.0655. The number of unbranched alkanes of at least 4 members (excludes halogenated alkanes) is 1. The zero-order valence-electron chi connectivity index (χ0n) is 30.2. The lowest BCUT2D eigenvalue weighted by Crippen LogP contribution is -2.60. The van der Waals surface area contributed by atoms with E-state index in [4.69, 9.17) is 11.5 Å². The Morgan fingerprint density at radius 3 is 1.58 bits per heavy atom. The third kappa shape index (κ3) is 16.1. The van der Waals surface area contributed by atoms with Crippen LogP contribution in [0.2, 0.25) is 0 Å². The average molecular weight is 706 g/mol. The maximum absolute atomic E-state index is 13.7. The molecule has 1 rings (SSSR count). The van der Waals surface area contributed by atoms with Gasteiger partial charge in [0.05, 0.1) is 12.6 Å². The Morgan fingerprint density at radius 1 is 0.660 bits per heavy atom. The van der Waals surface area contributed by atoms with Gasteiger partial charge in [0.15, 0.2) is 0 Å². The van der Waals surface area contributed by atoms with Crippen LogP contribution in [0.5, 0.6) is 0 Å². The van der Waals surface area contributed by atoms with Crippen LogP contribution in [0.15, 0.2) is 30.3 Å². The highest BCUT2D eigenvalue weighted by molar-refractivity contribution is 5.96. The number of carbonyl (C=O) groups excluding carboxylic acids is 5. The first-order valence-electron chi connectivity index (χ1n) is 17.4. The van der Waals surface area contributed by atoms with Gasteiger partial charge in [0.25, 0.3) is 0 Å². The van der Waals surface area contributed by atoms with Gasteiger partial charge in [-0.25, -0.2) is 4.79 Å². The highest BCUT2D eigenvalue weighted by atomic mass is 16.4. The fraction of sp³-hybridized carbons (Fsp3) is 0.657. The third-order valence-corrected chi connectivity index (χ3v) is 7.94. The van der Waals surface area contributed by atoms with Crippen LogP contribution < -0.4 is 38.1 Å². The van der Waals surface area contributed by atoms with Gasteiger partial charge in [-0.3, -0.25) is 24.0 Å². The summed E-state index contributed by atoms with van der Waals surface area (Å²) in [6.45, 7) is 10.2. The molecule has 1 aromatic rings. The second kappa shape index (κ2) is 22.6. The summed E-state index contributed by atoms with van der Waals surface area (Å²) in [5.41, 5.74) is 12.7. The number of aliphatic hydroxyl groups excluding tert-OH is 1.